The van der Waals surface area contributed by atoms with Crippen molar-refractivity contribution in [1.29, 1.82) is 0 Å². The van der Waals surface area contributed by atoms with E-state index in [1.54, 1.807) is 6.20 Å². The summed E-state index contributed by atoms with van der Waals surface area (Å²) in [5, 5.41) is 2.90. The predicted molar refractivity (Wildman–Crippen MR) is 103 cm³/mol. The van der Waals surface area contributed by atoms with Gasteiger partial charge in [-0.15, -0.1) is 0 Å². The number of benzene rings is 1. The second-order valence-electron chi connectivity index (χ2n) is 6.88. The van der Waals surface area contributed by atoms with Crippen LogP contribution in [0, 0.1) is 0 Å². The molecule has 0 aliphatic carbocycles. The Hall–Kier alpha value is -2.63. The number of aromatic nitrogens is 1. The number of rotatable bonds is 8. The molecular weight excluding hydrogens is 342 g/mol. The molecule has 2 aromatic rings. The van der Waals surface area contributed by atoms with E-state index in [0.29, 0.717) is 44.7 Å². The molecule has 0 spiro atoms. The zero-order valence-electron chi connectivity index (χ0n) is 15.7. The second-order valence-corrected chi connectivity index (χ2v) is 6.88. The summed E-state index contributed by atoms with van der Waals surface area (Å²) in [4.78, 5) is 30.1. The fraction of sp³-hybridized carbons (Fsp3) is 0.476. The molecule has 0 unspecified atom stereocenters. The molecule has 0 atom stereocenters. The summed E-state index contributed by atoms with van der Waals surface area (Å²) in [5.41, 5.74) is 0.997. The van der Waals surface area contributed by atoms with Crippen LogP contribution in [-0.2, 0) is 16.0 Å². The van der Waals surface area contributed by atoms with Crippen LogP contribution in [0.3, 0.4) is 0 Å². The maximum Gasteiger partial charge on any atom is 0.222 e. The van der Waals surface area contributed by atoms with Crippen molar-refractivity contribution in [1.82, 2.24) is 15.2 Å². The Morgan fingerprint density at radius 3 is 2.89 bits per heavy atom. The average Bonchev–Trinajstić information content (AvgIpc) is 3.06. The lowest BCUT2D eigenvalue weighted by Crippen LogP contribution is -2.38. The highest BCUT2D eigenvalue weighted by molar-refractivity contribution is 5.77. The summed E-state index contributed by atoms with van der Waals surface area (Å²) in [7, 11) is 0. The second kappa shape index (κ2) is 9.90. The van der Waals surface area contributed by atoms with E-state index in [1.165, 1.54) is 0 Å². The van der Waals surface area contributed by atoms with Crippen LogP contribution in [0.5, 0.6) is 0 Å². The van der Waals surface area contributed by atoms with Crippen molar-refractivity contribution in [2.75, 3.05) is 19.6 Å². The lowest BCUT2D eigenvalue weighted by molar-refractivity contribution is -0.131. The van der Waals surface area contributed by atoms with Gasteiger partial charge in [-0.2, -0.15) is 0 Å². The first-order chi connectivity index (χ1) is 13.2. The van der Waals surface area contributed by atoms with Gasteiger partial charge < -0.3 is 14.6 Å². The molecule has 1 N–H and O–H groups in total. The normalized spacial score (nSPS) is 14.8. The maximum absolute atomic E-state index is 12.0. The Balaban J connectivity index is 1.34. The summed E-state index contributed by atoms with van der Waals surface area (Å²) in [5.74, 6) is 1.61. The minimum atomic E-state index is 0.00658. The van der Waals surface area contributed by atoms with Gasteiger partial charge in [0.15, 0.2) is 11.7 Å². The highest BCUT2D eigenvalue weighted by Crippen LogP contribution is 2.20. The van der Waals surface area contributed by atoms with Crippen LogP contribution in [0.15, 0.2) is 40.9 Å². The van der Waals surface area contributed by atoms with Crippen molar-refractivity contribution < 1.29 is 14.0 Å². The zero-order chi connectivity index (χ0) is 18.9. The lowest BCUT2D eigenvalue weighted by Gasteiger charge is -2.20. The monoisotopic (exact) mass is 369 g/mol. The van der Waals surface area contributed by atoms with Crippen LogP contribution in [-0.4, -0.2) is 41.3 Å². The minimum absolute atomic E-state index is 0.00658. The number of likely N-dealkylation sites (tertiary alicyclic amines) is 1. The molecule has 27 heavy (non-hydrogen) atoms. The van der Waals surface area contributed by atoms with Crippen LogP contribution in [0.4, 0.5) is 0 Å². The number of hydrogen-bond acceptors (Lipinski definition) is 4. The van der Waals surface area contributed by atoms with Gasteiger partial charge in [-0.05, 0) is 19.3 Å². The van der Waals surface area contributed by atoms with E-state index in [2.05, 4.69) is 10.3 Å². The van der Waals surface area contributed by atoms with Gasteiger partial charge in [0.1, 0.15) is 0 Å². The van der Waals surface area contributed by atoms with Crippen molar-refractivity contribution in [3.63, 3.8) is 0 Å². The topological polar surface area (TPSA) is 75.4 Å². The zero-order valence-corrected chi connectivity index (χ0v) is 15.7. The highest BCUT2D eigenvalue weighted by atomic mass is 16.4. The highest BCUT2D eigenvalue weighted by Gasteiger charge is 2.16. The van der Waals surface area contributed by atoms with E-state index in [4.69, 9.17) is 4.42 Å². The van der Waals surface area contributed by atoms with Crippen molar-refractivity contribution in [2.45, 2.75) is 44.9 Å². The van der Waals surface area contributed by atoms with Crippen molar-refractivity contribution in [3.8, 4) is 11.3 Å². The molecule has 3 rings (SSSR count). The molecule has 144 valence electrons. The molecule has 1 aromatic carbocycles. The van der Waals surface area contributed by atoms with Gasteiger partial charge in [0.25, 0.3) is 0 Å². The number of amides is 2. The third-order valence-corrected chi connectivity index (χ3v) is 4.78. The van der Waals surface area contributed by atoms with E-state index < -0.39 is 0 Å². The molecule has 1 aliphatic rings. The predicted octanol–water partition coefficient (Wildman–Crippen LogP) is 3.18. The van der Waals surface area contributed by atoms with Crippen molar-refractivity contribution in [3.05, 3.63) is 42.4 Å². The molecule has 2 amide bonds. The van der Waals surface area contributed by atoms with E-state index >= 15 is 0 Å². The summed E-state index contributed by atoms with van der Waals surface area (Å²) in [6, 6.07) is 9.84. The Morgan fingerprint density at radius 2 is 2.04 bits per heavy atom. The molecule has 2 heterocycles. The Morgan fingerprint density at radius 1 is 1.19 bits per heavy atom. The molecule has 6 heteroatoms. The molecular formula is C21H27N3O3. The molecule has 0 bridgehead atoms. The Labute approximate surface area is 160 Å². The smallest absolute Gasteiger partial charge is 0.222 e. The molecule has 1 aromatic heterocycles. The van der Waals surface area contributed by atoms with E-state index in [1.807, 2.05) is 35.2 Å². The quantitative estimate of drug-likeness (QED) is 0.775. The number of carbonyl (C=O) groups is 2. The molecule has 1 aliphatic heterocycles. The summed E-state index contributed by atoms with van der Waals surface area (Å²) < 4.78 is 5.75. The first-order valence-electron chi connectivity index (χ1n) is 9.77. The number of oxazole rings is 1. The Bertz CT molecular complexity index is 742. The van der Waals surface area contributed by atoms with Crippen LogP contribution in [0.1, 0.15) is 44.4 Å². The van der Waals surface area contributed by atoms with Gasteiger partial charge in [-0.3, -0.25) is 9.59 Å². The van der Waals surface area contributed by atoms with Crippen LogP contribution >= 0.6 is 0 Å². The van der Waals surface area contributed by atoms with Crippen molar-refractivity contribution >= 4 is 11.8 Å². The number of nitrogens with zero attached hydrogens (tertiary/aromatic N) is 2. The molecule has 1 fully saturated rings. The largest absolute Gasteiger partial charge is 0.441 e. The van der Waals surface area contributed by atoms with Gasteiger partial charge >= 0.3 is 0 Å². The van der Waals surface area contributed by atoms with Gasteiger partial charge in [0.05, 0.1) is 6.20 Å². The standard InChI is InChI=1S/C21H27N3O3/c25-19(22-13-15-24-14-6-2-5-12-21(24)26)10-7-11-20-23-16-18(27-20)17-8-3-1-4-9-17/h1,3-4,8-9,16H,2,5-7,10-15H2,(H,22,25). The number of nitrogens with one attached hydrogen (secondary N) is 1. The number of aryl methyl sites for hydroxylation is 1. The average molecular weight is 369 g/mol. The van der Waals surface area contributed by atoms with E-state index in [9.17, 15) is 9.59 Å². The van der Waals surface area contributed by atoms with E-state index in [0.717, 1.165) is 37.1 Å². The Kier molecular flexibility index (Phi) is 7.02. The van der Waals surface area contributed by atoms with Crippen LogP contribution < -0.4 is 5.32 Å². The van der Waals surface area contributed by atoms with Gasteiger partial charge in [0.2, 0.25) is 11.8 Å². The first kappa shape index (κ1) is 19.1. The van der Waals surface area contributed by atoms with Crippen LogP contribution in [0.2, 0.25) is 0 Å². The summed E-state index contributed by atoms with van der Waals surface area (Å²) >= 11 is 0. The maximum atomic E-state index is 12.0. The molecule has 6 nitrogen and oxygen atoms in total. The summed E-state index contributed by atoms with van der Waals surface area (Å²) in [6.45, 7) is 1.93. The molecule has 1 saturated heterocycles. The minimum Gasteiger partial charge on any atom is -0.441 e. The van der Waals surface area contributed by atoms with Gasteiger partial charge in [0, 0.05) is 44.5 Å². The SMILES string of the molecule is O=C(CCCc1ncc(-c2ccccc2)o1)NCCN1CCCCCC1=O. The van der Waals surface area contributed by atoms with Crippen molar-refractivity contribution in [2.24, 2.45) is 0 Å². The molecule has 0 radical (unpaired) electrons. The fourth-order valence-electron chi connectivity index (χ4n) is 3.26. The van der Waals surface area contributed by atoms with Gasteiger partial charge in [-0.25, -0.2) is 4.98 Å². The third kappa shape index (κ3) is 5.94. The van der Waals surface area contributed by atoms with E-state index in [-0.39, 0.29) is 11.8 Å². The molecule has 0 saturated carbocycles. The number of hydrogen-bond donors (Lipinski definition) is 1. The first-order valence-corrected chi connectivity index (χ1v) is 9.77. The summed E-state index contributed by atoms with van der Waals surface area (Å²) in [6.07, 6.45) is 7.25. The fourth-order valence-corrected chi connectivity index (χ4v) is 3.26. The van der Waals surface area contributed by atoms with Crippen LogP contribution in [0.25, 0.3) is 11.3 Å². The van der Waals surface area contributed by atoms with Gasteiger partial charge in [-0.1, -0.05) is 36.8 Å². The third-order valence-electron chi connectivity index (χ3n) is 4.78. The lowest BCUT2D eigenvalue weighted by atomic mass is 10.2. The number of carbonyl (C=O) groups excluding carboxylic acids is 2.